The average molecular weight is 458 g/mol. The predicted octanol–water partition coefficient (Wildman–Crippen LogP) is 3.86. The Labute approximate surface area is 156 Å². The van der Waals surface area contributed by atoms with E-state index in [0.717, 1.165) is 15.8 Å². The van der Waals surface area contributed by atoms with Crippen LogP contribution < -0.4 is 0 Å². The van der Waals surface area contributed by atoms with E-state index < -0.39 is 11.7 Å². The first-order valence-corrected chi connectivity index (χ1v) is 8.16. The number of aromatic nitrogens is 4. The van der Waals surface area contributed by atoms with Gasteiger partial charge < -0.3 is 0 Å². The van der Waals surface area contributed by atoms with Crippen LogP contribution in [0, 0.1) is 15.5 Å². The molecule has 0 aliphatic rings. The van der Waals surface area contributed by atoms with Gasteiger partial charge in [0.1, 0.15) is 5.69 Å². The van der Waals surface area contributed by atoms with E-state index in [9.17, 15) is 13.2 Å². The van der Waals surface area contributed by atoms with E-state index in [1.54, 1.807) is 30.2 Å². The van der Waals surface area contributed by atoms with Gasteiger partial charge >= 0.3 is 6.18 Å². The highest BCUT2D eigenvalue weighted by atomic mass is 127. The number of rotatable bonds is 0. The molecule has 0 aliphatic carbocycles. The number of aryl methyl sites for hydroxylation is 2. The van der Waals surface area contributed by atoms with Crippen LogP contribution in [0.25, 0.3) is 0 Å². The maximum absolute atomic E-state index is 12.3. The largest absolute Gasteiger partial charge is 0.416 e. The summed E-state index contributed by atoms with van der Waals surface area (Å²) in [7, 11) is 3.67. The molecule has 1 aromatic carbocycles. The lowest BCUT2D eigenvalue weighted by Crippen LogP contribution is -2.04. The lowest BCUT2D eigenvalue weighted by atomic mass is 10.1. The van der Waals surface area contributed by atoms with Crippen molar-refractivity contribution >= 4 is 22.6 Å². The Morgan fingerprint density at radius 1 is 0.880 bits per heavy atom. The van der Waals surface area contributed by atoms with Crippen molar-refractivity contribution in [3.63, 3.8) is 0 Å². The number of nitrogens with zero attached hydrogens (tertiary/aromatic N) is 4. The highest BCUT2D eigenvalue weighted by Gasteiger charge is 2.29. The summed E-state index contributed by atoms with van der Waals surface area (Å²) < 4.78 is 41.6. The van der Waals surface area contributed by atoms with Gasteiger partial charge in [-0.05, 0) is 64.9 Å². The van der Waals surface area contributed by atoms with Gasteiger partial charge in [-0.25, -0.2) is 0 Å². The molecule has 3 rings (SSSR count). The average Bonchev–Trinajstić information content (AvgIpc) is 3.14. The van der Waals surface area contributed by atoms with E-state index in [4.69, 9.17) is 0 Å². The zero-order valence-corrected chi connectivity index (χ0v) is 15.6. The quantitative estimate of drug-likeness (QED) is 0.379. The first-order chi connectivity index (χ1) is 11.8. The molecule has 0 atom stereocenters. The summed E-state index contributed by atoms with van der Waals surface area (Å²) >= 11 is 2.22. The van der Waals surface area contributed by atoms with E-state index in [1.807, 2.05) is 17.8 Å². The highest BCUT2D eigenvalue weighted by molar-refractivity contribution is 14.1. The smallest absolute Gasteiger partial charge is 0.262 e. The summed E-state index contributed by atoms with van der Waals surface area (Å²) in [5.41, 5.74) is 0.563. The molecule has 0 radical (unpaired) electrons. The SMILES string of the molecule is Cn1nccc1C#Cc1ccc(C(F)(F)F)cc1.Cn1nccc1I. The number of hydrogen-bond donors (Lipinski definition) is 0. The third-order valence-electron chi connectivity index (χ3n) is 3.13. The molecule has 0 unspecified atom stereocenters. The molecule has 0 saturated heterocycles. The minimum Gasteiger partial charge on any atom is -0.262 e. The summed E-state index contributed by atoms with van der Waals surface area (Å²) in [6.07, 6.45) is -0.924. The van der Waals surface area contributed by atoms with Gasteiger partial charge in [0.25, 0.3) is 0 Å². The molecule has 25 heavy (non-hydrogen) atoms. The molecule has 0 saturated carbocycles. The molecule has 0 aliphatic heterocycles. The lowest BCUT2D eigenvalue weighted by molar-refractivity contribution is -0.137. The minimum absolute atomic E-state index is 0.532. The van der Waals surface area contributed by atoms with Gasteiger partial charge in [0.05, 0.1) is 21.7 Å². The topological polar surface area (TPSA) is 35.6 Å². The van der Waals surface area contributed by atoms with E-state index in [-0.39, 0.29) is 0 Å². The van der Waals surface area contributed by atoms with Crippen molar-refractivity contribution in [1.82, 2.24) is 19.6 Å². The van der Waals surface area contributed by atoms with Crippen molar-refractivity contribution < 1.29 is 13.2 Å². The lowest BCUT2D eigenvalue weighted by Gasteiger charge is -2.05. The monoisotopic (exact) mass is 458 g/mol. The molecule has 130 valence electrons. The fourth-order valence-corrected chi connectivity index (χ4v) is 2.02. The second-order valence-electron chi connectivity index (χ2n) is 4.94. The summed E-state index contributed by atoms with van der Waals surface area (Å²) in [5, 5.41) is 7.87. The number of halogens is 4. The molecule has 3 aromatic rings. The summed E-state index contributed by atoms with van der Waals surface area (Å²) in [6, 6.07) is 8.44. The Morgan fingerprint density at radius 2 is 1.48 bits per heavy atom. The van der Waals surface area contributed by atoms with Gasteiger partial charge in [-0.2, -0.15) is 23.4 Å². The Morgan fingerprint density at radius 3 is 1.88 bits per heavy atom. The first-order valence-electron chi connectivity index (χ1n) is 7.08. The van der Waals surface area contributed by atoms with Crippen LogP contribution in [0.1, 0.15) is 16.8 Å². The van der Waals surface area contributed by atoms with E-state index >= 15 is 0 Å². The van der Waals surface area contributed by atoms with Crippen molar-refractivity contribution in [2.75, 3.05) is 0 Å². The van der Waals surface area contributed by atoms with Crippen LogP contribution in [0.4, 0.5) is 13.2 Å². The van der Waals surface area contributed by atoms with Crippen LogP contribution in [0.2, 0.25) is 0 Å². The standard InChI is InChI=1S/C13H9F3N2.C4H5IN2/c1-18-12(8-9-17-18)7-4-10-2-5-11(6-3-10)13(14,15)16;1-7-4(5)2-3-6-7/h2-3,5-6,8-9H,1H3;2-3H,1H3. The number of benzene rings is 1. The van der Waals surface area contributed by atoms with Gasteiger partial charge in [-0.15, -0.1) is 0 Å². The van der Waals surface area contributed by atoms with Crippen molar-refractivity contribution in [3.8, 4) is 11.8 Å². The van der Waals surface area contributed by atoms with E-state index in [2.05, 4.69) is 44.6 Å². The fraction of sp³-hybridized carbons (Fsp3) is 0.176. The normalized spacial score (nSPS) is 10.5. The van der Waals surface area contributed by atoms with Crippen LogP contribution in [0.5, 0.6) is 0 Å². The van der Waals surface area contributed by atoms with Crippen molar-refractivity contribution in [1.29, 1.82) is 0 Å². The Balaban J connectivity index is 0.000000269. The van der Waals surface area contributed by atoms with Gasteiger partial charge in [0, 0.05) is 19.7 Å². The summed E-state index contributed by atoms with van der Waals surface area (Å²) in [6.45, 7) is 0. The Kier molecular flexibility index (Phi) is 6.25. The van der Waals surface area contributed by atoms with Gasteiger partial charge in [0.2, 0.25) is 0 Å². The molecular weight excluding hydrogens is 444 g/mol. The van der Waals surface area contributed by atoms with Crippen molar-refractivity contribution in [3.05, 3.63) is 69.3 Å². The molecule has 8 heteroatoms. The zero-order chi connectivity index (χ0) is 18.4. The van der Waals surface area contributed by atoms with Crippen LogP contribution >= 0.6 is 22.6 Å². The molecule has 2 aromatic heterocycles. The maximum Gasteiger partial charge on any atom is 0.416 e. The molecule has 2 heterocycles. The van der Waals surface area contributed by atoms with Crippen LogP contribution in [0.15, 0.2) is 48.8 Å². The first kappa shape index (κ1) is 19.1. The van der Waals surface area contributed by atoms with E-state index in [0.29, 0.717) is 11.3 Å². The van der Waals surface area contributed by atoms with E-state index in [1.165, 1.54) is 12.1 Å². The number of alkyl halides is 3. The Hall–Kier alpha value is -2.28. The Bertz CT molecular complexity index is 866. The highest BCUT2D eigenvalue weighted by Crippen LogP contribution is 2.28. The zero-order valence-electron chi connectivity index (χ0n) is 13.4. The predicted molar refractivity (Wildman–Crippen MR) is 96.6 cm³/mol. The summed E-state index contributed by atoms with van der Waals surface area (Å²) in [4.78, 5) is 0. The van der Waals surface area contributed by atoms with Crippen molar-refractivity contribution in [2.45, 2.75) is 6.18 Å². The van der Waals surface area contributed by atoms with Gasteiger partial charge in [0.15, 0.2) is 0 Å². The third-order valence-corrected chi connectivity index (χ3v) is 4.19. The molecule has 0 spiro atoms. The van der Waals surface area contributed by atoms with Crippen molar-refractivity contribution in [2.24, 2.45) is 14.1 Å². The van der Waals surface area contributed by atoms with Gasteiger partial charge in [-0.3, -0.25) is 9.36 Å². The fourth-order valence-electron chi connectivity index (χ4n) is 1.73. The molecular formula is C17H14F3IN4. The summed E-state index contributed by atoms with van der Waals surface area (Å²) in [5.74, 6) is 5.62. The third kappa shape index (κ3) is 5.63. The molecule has 0 amide bonds. The maximum atomic E-state index is 12.3. The second-order valence-corrected chi connectivity index (χ2v) is 6.05. The van der Waals surface area contributed by atoms with Crippen LogP contribution in [-0.4, -0.2) is 19.6 Å². The second kappa shape index (κ2) is 8.20. The molecule has 0 N–H and O–H groups in total. The van der Waals surface area contributed by atoms with Crippen LogP contribution in [-0.2, 0) is 20.3 Å². The van der Waals surface area contributed by atoms with Crippen LogP contribution in [0.3, 0.4) is 0 Å². The minimum atomic E-state index is -4.31. The molecule has 0 fully saturated rings. The molecule has 0 bridgehead atoms. The molecule has 4 nitrogen and oxygen atoms in total. The van der Waals surface area contributed by atoms with Gasteiger partial charge in [-0.1, -0.05) is 5.92 Å². The number of hydrogen-bond acceptors (Lipinski definition) is 2.